The Kier molecular flexibility index (Phi) is 2.68. The smallest absolute Gasteiger partial charge is 0.267 e. The summed E-state index contributed by atoms with van der Waals surface area (Å²) in [7, 11) is 0. The first kappa shape index (κ1) is 10.1. The molecule has 0 aliphatic heterocycles. The lowest BCUT2D eigenvalue weighted by molar-refractivity contribution is 0.0944. The molecule has 0 fully saturated rings. The van der Waals surface area contributed by atoms with Crippen molar-refractivity contribution in [2.24, 2.45) is 0 Å². The first-order chi connectivity index (χ1) is 7.18. The van der Waals surface area contributed by atoms with Crippen molar-refractivity contribution in [2.75, 3.05) is 0 Å². The zero-order valence-electron chi connectivity index (χ0n) is 8.14. The van der Waals surface area contributed by atoms with Gasteiger partial charge in [0.15, 0.2) is 0 Å². The quantitative estimate of drug-likeness (QED) is 0.794. The Hall–Kier alpha value is -1.42. The standard InChI is InChI=1S/C11H9BrN2O/c1-8-4-2-3-5-10(8)11(15)14-7-9(12)6-13-14/h2-7H,1H3. The fourth-order valence-electron chi connectivity index (χ4n) is 1.35. The van der Waals surface area contributed by atoms with E-state index >= 15 is 0 Å². The highest BCUT2D eigenvalue weighted by atomic mass is 79.9. The molecule has 0 atom stereocenters. The molecule has 1 aromatic carbocycles. The molecule has 0 saturated heterocycles. The van der Waals surface area contributed by atoms with Gasteiger partial charge in [-0.2, -0.15) is 5.10 Å². The Balaban J connectivity index is 2.41. The summed E-state index contributed by atoms with van der Waals surface area (Å²) in [4.78, 5) is 12.0. The molecule has 0 spiro atoms. The topological polar surface area (TPSA) is 34.9 Å². The molecule has 4 heteroatoms. The fraction of sp³-hybridized carbons (Fsp3) is 0.0909. The molecular weight excluding hydrogens is 256 g/mol. The Labute approximate surface area is 95.9 Å². The minimum absolute atomic E-state index is 0.112. The lowest BCUT2D eigenvalue weighted by Crippen LogP contribution is -2.13. The fourth-order valence-corrected chi connectivity index (χ4v) is 1.63. The summed E-state index contributed by atoms with van der Waals surface area (Å²) in [6.45, 7) is 1.91. The highest BCUT2D eigenvalue weighted by Crippen LogP contribution is 2.11. The largest absolute Gasteiger partial charge is 0.278 e. The van der Waals surface area contributed by atoms with E-state index in [4.69, 9.17) is 0 Å². The van der Waals surface area contributed by atoms with Crippen molar-refractivity contribution < 1.29 is 4.79 Å². The van der Waals surface area contributed by atoms with E-state index in [9.17, 15) is 4.79 Å². The van der Waals surface area contributed by atoms with Crippen LogP contribution in [-0.2, 0) is 0 Å². The number of nitrogens with zero attached hydrogens (tertiary/aromatic N) is 2. The van der Waals surface area contributed by atoms with Crippen LogP contribution < -0.4 is 0 Å². The number of carbonyl (C=O) groups excluding carboxylic acids is 1. The van der Waals surface area contributed by atoms with Crippen LogP contribution in [0, 0.1) is 6.92 Å². The summed E-state index contributed by atoms with van der Waals surface area (Å²) in [5, 5.41) is 3.95. The van der Waals surface area contributed by atoms with Crippen LogP contribution in [0.1, 0.15) is 15.9 Å². The van der Waals surface area contributed by atoms with Crippen LogP contribution in [0.25, 0.3) is 0 Å². The van der Waals surface area contributed by atoms with E-state index in [1.54, 1.807) is 18.5 Å². The molecule has 0 aliphatic rings. The summed E-state index contributed by atoms with van der Waals surface area (Å²) < 4.78 is 2.12. The normalized spacial score (nSPS) is 10.3. The Morgan fingerprint density at radius 1 is 1.40 bits per heavy atom. The molecule has 0 N–H and O–H groups in total. The molecule has 76 valence electrons. The van der Waals surface area contributed by atoms with E-state index in [-0.39, 0.29) is 5.91 Å². The zero-order valence-corrected chi connectivity index (χ0v) is 9.73. The Morgan fingerprint density at radius 2 is 2.13 bits per heavy atom. The second kappa shape index (κ2) is 3.98. The van der Waals surface area contributed by atoms with Crippen molar-refractivity contribution in [3.63, 3.8) is 0 Å². The van der Waals surface area contributed by atoms with Crippen LogP contribution >= 0.6 is 15.9 Å². The molecule has 0 bridgehead atoms. The number of hydrogen-bond acceptors (Lipinski definition) is 2. The van der Waals surface area contributed by atoms with Gasteiger partial charge in [0.2, 0.25) is 0 Å². The van der Waals surface area contributed by atoms with E-state index < -0.39 is 0 Å². The van der Waals surface area contributed by atoms with Gasteiger partial charge >= 0.3 is 0 Å². The molecule has 3 nitrogen and oxygen atoms in total. The van der Waals surface area contributed by atoms with Crippen molar-refractivity contribution in [2.45, 2.75) is 6.92 Å². The summed E-state index contributed by atoms with van der Waals surface area (Å²) >= 11 is 3.26. The van der Waals surface area contributed by atoms with Crippen molar-refractivity contribution in [3.8, 4) is 0 Å². The molecule has 0 aliphatic carbocycles. The van der Waals surface area contributed by atoms with E-state index in [2.05, 4.69) is 21.0 Å². The minimum Gasteiger partial charge on any atom is -0.267 e. The number of halogens is 1. The summed E-state index contributed by atoms with van der Waals surface area (Å²) in [5.74, 6) is -0.112. The molecule has 2 rings (SSSR count). The number of carbonyl (C=O) groups is 1. The van der Waals surface area contributed by atoms with Gasteiger partial charge in [0.25, 0.3) is 5.91 Å². The SMILES string of the molecule is Cc1ccccc1C(=O)n1cc(Br)cn1. The van der Waals surface area contributed by atoms with Crippen LogP contribution in [0.15, 0.2) is 41.1 Å². The first-order valence-electron chi connectivity index (χ1n) is 4.49. The van der Waals surface area contributed by atoms with Gasteiger partial charge in [-0.25, -0.2) is 4.68 Å². The second-order valence-electron chi connectivity index (χ2n) is 3.22. The summed E-state index contributed by atoms with van der Waals surface area (Å²) in [6.07, 6.45) is 3.24. The maximum Gasteiger partial charge on any atom is 0.278 e. The van der Waals surface area contributed by atoms with E-state index in [1.165, 1.54) is 4.68 Å². The Bertz CT molecular complexity index is 505. The van der Waals surface area contributed by atoms with Crippen LogP contribution in [0.4, 0.5) is 0 Å². The molecule has 1 heterocycles. The maximum atomic E-state index is 12.0. The molecule has 0 unspecified atom stereocenters. The lowest BCUT2D eigenvalue weighted by atomic mass is 10.1. The van der Waals surface area contributed by atoms with Crippen molar-refractivity contribution >= 4 is 21.8 Å². The molecule has 1 aromatic heterocycles. The number of aryl methyl sites for hydroxylation is 1. The zero-order chi connectivity index (χ0) is 10.8. The molecular formula is C11H9BrN2O. The van der Waals surface area contributed by atoms with Gasteiger partial charge in [0, 0.05) is 11.8 Å². The third-order valence-electron chi connectivity index (χ3n) is 2.13. The predicted molar refractivity (Wildman–Crippen MR) is 60.8 cm³/mol. The highest BCUT2D eigenvalue weighted by molar-refractivity contribution is 9.10. The summed E-state index contributed by atoms with van der Waals surface area (Å²) in [5.41, 5.74) is 1.63. The van der Waals surface area contributed by atoms with Crippen molar-refractivity contribution in [1.82, 2.24) is 9.78 Å². The van der Waals surface area contributed by atoms with Gasteiger partial charge in [-0.15, -0.1) is 0 Å². The monoisotopic (exact) mass is 264 g/mol. The molecule has 0 radical (unpaired) electrons. The predicted octanol–water partition coefficient (Wildman–Crippen LogP) is 2.64. The Morgan fingerprint density at radius 3 is 2.73 bits per heavy atom. The third kappa shape index (κ3) is 1.99. The van der Waals surface area contributed by atoms with E-state index in [0.29, 0.717) is 5.56 Å². The van der Waals surface area contributed by atoms with Gasteiger partial charge in [-0.1, -0.05) is 18.2 Å². The molecule has 15 heavy (non-hydrogen) atoms. The van der Waals surface area contributed by atoms with Crippen molar-refractivity contribution in [1.29, 1.82) is 0 Å². The average Bonchev–Trinajstić information content (AvgIpc) is 2.65. The first-order valence-corrected chi connectivity index (χ1v) is 5.28. The van der Waals surface area contributed by atoms with Gasteiger partial charge < -0.3 is 0 Å². The number of rotatable bonds is 1. The van der Waals surface area contributed by atoms with Crippen LogP contribution in [0.5, 0.6) is 0 Å². The van der Waals surface area contributed by atoms with Gasteiger partial charge in [-0.05, 0) is 34.5 Å². The van der Waals surface area contributed by atoms with Gasteiger partial charge in [0.1, 0.15) is 0 Å². The van der Waals surface area contributed by atoms with E-state index in [1.807, 2.05) is 25.1 Å². The van der Waals surface area contributed by atoms with Crippen molar-refractivity contribution in [3.05, 3.63) is 52.3 Å². The third-order valence-corrected chi connectivity index (χ3v) is 2.54. The molecule has 2 aromatic rings. The average molecular weight is 265 g/mol. The highest BCUT2D eigenvalue weighted by Gasteiger charge is 2.11. The summed E-state index contributed by atoms with van der Waals surface area (Å²) in [6, 6.07) is 7.46. The number of benzene rings is 1. The number of aromatic nitrogens is 2. The lowest BCUT2D eigenvalue weighted by Gasteiger charge is -2.03. The van der Waals surface area contributed by atoms with E-state index in [0.717, 1.165) is 10.0 Å². The van der Waals surface area contributed by atoms with Gasteiger partial charge in [0.05, 0.1) is 10.7 Å². The van der Waals surface area contributed by atoms with Crippen LogP contribution in [-0.4, -0.2) is 15.7 Å². The van der Waals surface area contributed by atoms with Crippen LogP contribution in [0.3, 0.4) is 0 Å². The second-order valence-corrected chi connectivity index (χ2v) is 4.14. The number of hydrogen-bond donors (Lipinski definition) is 0. The maximum absolute atomic E-state index is 12.0. The minimum atomic E-state index is -0.112. The molecule has 0 amide bonds. The molecule has 0 saturated carbocycles. The van der Waals surface area contributed by atoms with Gasteiger partial charge in [-0.3, -0.25) is 4.79 Å². The van der Waals surface area contributed by atoms with Crippen LogP contribution in [0.2, 0.25) is 0 Å².